The molecule has 26 heavy (non-hydrogen) atoms. The molecule has 5 nitrogen and oxygen atoms in total. The molecule has 2 aromatic heterocycles. The van der Waals surface area contributed by atoms with Crippen LogP contribution in [-0.4, -0.2) is 23.9 Å². The summed E-state index contributed by atoms with van der Waals surface area (Å²) in [5.74, 6) is 0.323. The molecule has 3 aromatic rings. The van der Waals surface area contributed by atoms with Crippen LogP contribution in [0.2, 0.25) is 0 Å². The standard InChI is InChI=1S/C19H22N2O3S2/c1-14(12-18-10-7-11-25-18)21(13-17-8-5-4-6-9-17)26(22,23)19-15(2)20-24-16(19)3/h4-11,14H,12-13H2,1-3H3/t14-/m0/s1. The summed E-state index contributed by atoms with van der Waals surface area (Å²) in [4.78, 5) is 1.33. The predicted octanol–water partition coefficient (Wildman–Crippen LogP) is 4.18. The maximum absolute atomic E-state index is 13.4. The van der Waals surface area contributed by atoms with Gasteiger partial charge in [-0.3, -0.25) is 0 Å². The number of aryl methyl sites for hydroxylation is 2. The normalized spacial score (nSPS) is 13.2. The van der Waals surface area contributed by atoms with Crippen molar-refractivity contribution in [3.05, 3.63) is 69.7 Å². The zero-order chi connectivity index (χ0) is 18.7. The van der Waals surface area contributed by atoms with Crippen molar-refractivity contribution in [2.24, 2.45) is 0 Å². The number of sulfonamides is 1. The van der Waals surface area contributed by atoms with E-state index in [1.54, 1.807) is 29.5 Å². The molecule has 0 fully saturated rings. The molecule has 0 bridgehead atoms. The third kappa shape index (κ3) is 3.90. The van der Waals surface area contributed by atoms with Gasteiger partial charge in [0.25, 0.3) is 0 Å². The Morgan fingerprint density at radius 2 is 1.88 bits per heavy atom. The van der Waals surface area contributed by atoms with Crippen molar-refractivity contribution in [2.75, 3.05) is 0 Å². The van der Waals surface area contributed by atoms with Crippen LogP contribution in [0.4, 0.5) is 0 Å². The van der Waals surface area contributed by atoms with Crippen molar-refractivity contribution in [1.29, 1.82) is 0 Å². The maximum Gasteiger partial charge on any atom is 0.249 e. The summed E-state index contributed by atoms with van der Waals surface area (Å²) in [6, 6.07) is 13.4. The number of hydrogen-bond acceptors (Lipinski definition) is 5. The molecule has 1 aromatic carbocycles. The van der Waals surface area contributed by atoms with E-state index in [-0.39, 0.29) is 10.9 Å². The number of nitrogens with zero attached hydrogens (tertiary/aromatic N) is 2. The van der Waals surface area contributed by atoms with Gasteiger partial charge < -0.3 is 4.52 Å². The van der Waals surface area contributed by atoms with Crippen LogP contribution in [0.25, 0.3) is 0 Å². The Hall–Kier alpha value is -1.96. The summed E-state index contributed by atoms with van der Waals surface area (Å²) in [5, 5.41) is 5.83. The fourth-order valence-corrected chi connectivity index (χ4v) is 5.76. The minimum atomic E-state index is -3.74. The van der Waals surface area contributed by atoms with Gasteiger partial charge in [-0.05, 0) is 44.2 Å². The van der Waals surface area contributed by atoms with Crippen LogP contribution in [0.1, 0.15) is 28.8 Å². The van der Waals surface area contributed by atoms with Crippen LogP contribution in [0.15, 0.2) is 57.3 Å². The molecule has 3 rings (SSSR count). The molecule has 0 aliphatic carbocycles. The number of benzene rings is 1. The average molecular weight is 391 g/mol. The van der Waals surface area contributed by atoms with Crippen LogP contribution in [0.3, 0.4) is 0 Å². The number of hydrogen-bond donors (Lipinski definition) is 0. The van der Waals surface area contributed by atoms with Crippen molar-refractivity contribution in [3.63, 3.8) is 0 Å². The van der Waals surface area contributed by atoms with Crippen LogP contribution in [0.5, 0.6) is 0 Å². The van der Waals surface area contributed by atoms with Crippen molar-refractivity contribution < 1.29 is 12.9 Å². The first kappa shape index (κ1) is 18.8. The molecule has 0 saturated heterocycles. The average Bonchev–Trinajstić information content (AvgIpc) is 3.23. The quantitative estimate of drug-likeness (QED) is 0.607. The van der Waals surface area contributed by atoms with Crippen molar-refractivity contribution >= 4 is 21.4 Å². The molecule has 0 N–H and O–H groups in total. The second-order valence-corrected chi connectivity index (χ2v) is 9.18. The molecule has 138 valence electrons. The van der Waals surface area contributed by atoms with E-state index in [2.05, 4.69) is 5.16 Å². The molecular weight excluding hydrogens is 368 g/mol. The summed E-state index contributed by atoms with van der Waals surface area (Å²) in [5.41, 5.74) is 1.34. The summed E-state index contributed by atoms with van der Waals surface area (Å²) >= 11 is 1.64. The Labute approximate surface area is 158 Å². The zero-order valence-electron chi connectivity index (χ0n) is 15.0. The molecular formula is C19H22N2O3S2. The van der Waals surface area contributed by atoms with Gasteiger partial charge in [-0.25, -0.2) is 8.42 Å². The second kappa shape index (κ2) is 7.73. The van der Waals surface area contributed by atoms with Crippen molar-refractivity contribution in [3.8, 4) is 0 Å². The monoisotopic (exact) mass is 390 g/mol. The second-order valence-electron chi connectivity index (χ2n) is 6.32. The first-order valence-corrected chi connectivity index (χ1v) is 10.7. The molecule has 0 aliphatic rings. The van der Waals surface area contributed by atoms with E-state index < -0.39 is 10.0 Å². The van der Waals surface area contributed by atoms with E-state index in [0.717, 1.165) is 10.4 Å². The lowest BCUT2D eigenvalue weighted by Gasteiger charge is -2.28. The maximum atomic E-state index is 13.4. The Bertz CT molecular complexity index is 929. The molecule has 0 amide bonds. The van der Waals surface area contributed by atoms with E-state index in [9.17, 15) is 8.42 Å². The summed E-state index contributed by atoms with van der Waals surface area (Å²) < 4.78 is 33.5. The van der Waals surface area contributed by atoms with E-state index in [4.69, 9.17) is 4.52 Å². The van der Waals surface area contributed by atoms with Crippen LogP contribution in [0, 0.1) is 13.8 Å². The molecule has 2 heterocycles. The Balaban J connectivity index is 1.99. The third-order valence-electron chi connectivity index (χ3n) is 4.28. The van der Waals surface area contributed by atoms with Gasteiger partial charge in [-0.1, -0.05) is 41.6 Å². The van der Waals surface area contributed by atoms with Crippen molar-refractivity contribution in [1.82, 2.24) is 9.46 Å². The predicted molar refractivity (Wildman–Crippen MR) is 103 cm³/mol. The smallest absolute Gasteiger partial charge is 0.249 e. The van der Waals surface area contributed by atoms with Gasteiger partial charge in [0.2, 0.25) is 10.0 Å². The molecule has 0 aliphatic heterocycles. The van der Waals surface area contributed by atoms with Crippen LogP contribution < -0.4 is 0 Å². The van der Waals surface area contributed by atoms with E-state index in [1.807, 2.05) is 54.8 Å². The van der Waals surface area contributed by atoms with Gasteiger partial charge in [0.05, 0.1) is 0 Å². The Kier molecular flexibility index (Phi) is 5.60. The van der Waals surface area contributed by atoms with Gasteiger partial charge in [-0.15, -0.1) is 11.3 Å². The largest absolute Gasteiger partial charge is 0.360 e. The van der Waals surface area contributed by atoms with Gasteiger partial charge >= 0.3 is 0 Å². The van der Waals surface area contributed by atoms with Gasteiger partial charge in [0.15, 0.2) is 5.76 Å². The van der Waals surface area contributed by atoms with Gasteiger partial charge in [0.1, 0.15) is 10.6 Å². The Morgan fingerprint density at radius 1 is 1.15 bits per heavy atom. The molecule has 0 radical (unpaired) electrons. The lowest BCUT2D eigenvalue weighted by Crippen LogP contribution is -2.39. The highest BCUT2D eigenvalue weighted by molar-refractivity contribution is 7.89. The first-order chi connectivity index (χ1) is 12.4. The molecule has 0 unspecified atom stereocenters. The zero-order valence-corrected chi connectivity index (χ0v) is 16.7. The topological polar surface area (TPSA) is 63.4 Å². The SMILES string of the molecule is Cc1noc(C)c1S(=O)(=O)N(Cc1ccccc1)[C@@H](C)Cc1cccs1. The van der Waals surface area contributed by atoms with E-state index in [0.29, 0.717) is 24.4 Å². The molecule has 0 saturated carbocycles. The third-order valence-corrected chi connectivity index (χ3v) is 7.39. The van der Waals surface area contributed by atoms with Crippen LogP contribution in [-0.2, 0) is 23.0 Å². The van der Waals surface area contributed by atoms with Gasteiger partial charge in [0, 0.05) is 17.5 Å². The summed E-state index contributed by atoms with van der Waals surface area (Å²) in [6.07, 6.45) is 0.660. The lowest BCUT2D eigenvalue weighted by molar-refractivity contribution is 0.328. The summed E-state index contributed by atoms with van der Waals surface area (Å²) in [7, 11) is -3.74. The number of rotatable bonds is 7. The fraction of sp³-hybridized carbons (Fsp3) is 0.316. The van der Waals surface area contributed by atoms with Crippen LogP contribution >= 0.6 is 11.3 Å². The fourth-order valence-electron chi connectivity index (χ4n) is 3.02. The molecule has 1 atom stereocenters. The van der Waals surface area contributed by atoms with E-state index >= 15 is 0 Å². The Morgan fingerprint density at radius 3 is 2.46 bits per heavy atom. The number of aromatic nitrogens is 1. The number of thiophene rings is 1. The highest BCUT2D eigenvalue weighted by Gasteiger charge is 2.34. The highest BCUT2D eigenvalue weighted by Crippen LogP contribution is 2.28. The first-order valence-electron chi connectivity index (χ1n) is 8.40. The van der Waals surface area contributed by atoms with E-state index in [1.165, 1.54) is 0 Å². The van der Waals surface area contributed by atoms with Crippen molar-refractivity contribution in [2.45, 2.75) is 44.7 Å². The minimum absolute atomic E-state index is 0.173. The molecule has 7 heteroatoms. The summed E-state index contributed by atoms with van der Waals surface area (Å²) in [6.45, 7) is 5.55. The molecule has 0 spiro atoms. The minimum Gasteiger partial charge on any atom is -0.360 e. The van der Waals surface area contributed by atoms with Gasteiger partial charge in [-0.2, -0.15) is 4.31 Å². The highest BCUT2D eigenvalue weighted by atomic mass is 32.2. The lowest BCUT2D eigenvalue weighted by atomic mass is 10.1.